The Kier molecular flexibility index (Phi) is 5.68. The second-order valence-corrected chi connectivity index (χ2v) is 8.53. The molecule has 3 aromatic rings. The number of nitrogens with zero attached hydrogens (tertiary/aromatic N) is 3. The monoisotopic (exact) mass is 384 g/mol. The van der Waals surface area contributed by atoms with E-state index in [1.807, 2.05) is 5.38 Å². The van der Waals surface area contributed by atoms with E-state index in [0.29, 0.717) is 10.3 Å². The lowest BCUT2D eigenvalue weighted by atomic mass is 9.86. The van der Waals surface area contributed by atoms with Gasteiger partial charge in [0.15, 0.2) is 10.3 Å². The minimum Gasteiger partial charge on any atom is -0.301 e. The smallest absolute Gasteiger partial charge is 0.236 e. The van der Waals surface area contributed by atoms with Crippen molar-refractivity contribution in [1.29, 1.82) is 0 Å². The fraction of sp³-hybridized carbons (Fsp3) is 0.263. The minimum absolute atomic E-state index is 0.119. The van der Waals surface area contributed by atoms with E-state index in [1.165, 1.54) is 28.7 Å². The molecule has 0 spiro atoms. The van der Waals surface area contributed by atoms with Crippen LogP contribution in [0.2, 0.25) is 0 Å². The molecular weight excluding hydrogens is 364 g/mol. The SMILES string of the molecule is CC(C)(C)c1ccc(-c2csc(NC(=O)CSc3ncccn3)n2)cc1. The molecule has 1 aromatic carbocycles. The highest BCUT2D eigenvalue weighted by molar-refractivity contribution is 7.99. The third-order valence-corrected chi connectivity index (χ3v) is 5.30. The normalized spacial score (nSPS) is 11.3. The molecule has 134 valence electrons. The van der Waals surface area contributed by atoms with Crippen LogP contribution in [0.25, 0.3) is 11.3 Å². The first-order valence-electron chi connectivity index (χ1n) is 8.18. The lowest BCUT2D eigenvalue weighted by molar-refractivity contribution is -0.113. The van der Waals surface area contributed by atoms with E-state index in [9.17, 15) is 4.79 Å². The van der Waals surface area contributed by atoms with Crippen LogP contribution in [0.3, 0.4) is 0 Å². The van der Waals surface area contributed by atoms with E-state index in [4.69, 9.17) is 0 Å². The zero-order valence-electron chi connectivity index (χ0n) is 14.9. The molecule has 5 nitrogen and oxygen atoms in total. The molecule has 0 atom stereocenters. The van der Waals surface area contributed by atoms with Crippen LogP contribution in [0.1, 0.15) is 26.3 Å². The summed E-state index contributed by atoms with van der Waals surface area (Å²) in [6.07, 6.45) is 3.32. The number of aromatic nitrogens is 3. The quantitative estimate of drug-likeness (QED) is 0.513. The predicted octanol–water partition coefficient (Wildman–Crippen LogP) is 4.63. The number of thiazole rings is 1. The third-order valence-electron chi connectivity index (χ3n) is 3.67. The van der Waals surface area contributed by atoms with E-state index in [-0.39, 0.29) is 17.1 Å². The Morgan fingerprint density at radius 3 is 2.50 bits per heavy atom. The first kappa shape index (κ1) is 18.5. The van der Waals surface area contributed by atoms with Crippen LogP contribution in [-0.4, -0.2) is 26.6 Å². The molecule has 7 heteroatoms. The summed E-state index contributed by atoms with van der Waals surface area (Å²) in [4.78, 5) is 24.7. The standard InChI is InChI=1S/C19H20N4OS2/c1-19(2,3)14-7-5-13(6-8-14)15-11-25-18(22-15)23-16(24)12-26-17-20-9-4-10-21-17/h4-11H,12H2,1-3H3,(H,22,23,24). The second-order valence-electron chi connectivity index (χ2n) is 6.73. The zero-order valence-corrected chi connectivity index (χ0v) is 16.5. The average molecular weight is 385 g/mol. The van der Waals surface area contributed by atoms with Crippen LogP contribution in [0.15, 0.2) is 53.3 Å². The van der Waals surface area contributed by atoms with E-state index >= 15 is 0 Å². The molecule has 1 N–H and O–H groups in total. The van der Waals surface area contributed by atoms with Gasteiger partial charge in [0.05, 0.1) is 11.4 Å². The Morgan fingerprint density at radius 1 is 1.15 bits per heavy atom. The molecule has 0 aliphatic heterocycles. The highest BCUT2D eigenvalue weighted by atomic mass is 32.2. The number of carbonyl (C=O) groups excluding carboxylic acids is 1. The molecular formula is C19H20N4OS2. The molecule has 0 fully saturated rings. The van der Waals surface area contributed by atoms with Crippen LogP contribution in [0.4, 0.5) is 5.13 Å². The number of nitrogens with one attached hydrogen (secondary N) is 1. The van der Waals surface area contributed by atoms with Crippen molar-refractivity contribution in [2.24, 2.45) is 0 Å². The maximum absolute atomic E-state index is 12.1. The number of benzene rings is 1. The second kappa shape index (κ2) is 7.97. The van der Waals surface area contributed by atoms with Gasteiger partial charge in [-0.15, -0.1) is 11.3 Å². The van der Waals surface area contributed by atoms with E-state index < -0.39 is 0 Å². The molecule has 0 bridgehead atoms. The van der Waals surface area contributed by atoms with Crippen LogP contribution in [0.5, 0.6) is 0 Å². The van der Waals surface area contributed by atoms with Crippen LogP contribution in [-0.2, 0) is 10.2 Å². The summed E-state index contributed by atoms with van der Waals surface area (Å²) in [5.41, 5.74) is 3.32. The number of hydrogen-bond donors (Lipinski definition) is 1. The fourth-order valence-electron chi connectivity index (χ4n) is 2.25. The summed E-state index contributed by atoms with van der Waals surface area (Å²) >= 11 is 2.72. The zero-order chi connectivity index (χ0) is 18.6. The molecule has 2 heterocycles. The van der Waals surface area contributed by atoms with E-state index in [2.05, 4.69) is 65.3 Å². The van der Waals surface area contributed by atoms with Gasteiger partial charge in [0.1, 0.15) is 0 Å². The third kappa shape index (κ3) is 4.89. The van der Waals surface area contributed by atoms with Gasteiger partial charge in [-0.05, 0) is 17.0 Å². The van der Waals surface area contributed by atoms with Crippen molar-refractivity contribution in [2.45, 2.75) is 31.3 Å². The molecule has 0 unspecified atom stereocenters. The van der Waals surface area contributed by atoms with E-state index in [1.54, 1.807) is 18.5 Å². The molecule has 26 heavy (non-hydrogen) atoms. The molecule has 3 rings (SSSR count). The maximum Gasteiger partial charge on any atom is 0.236 e. The fourth-order valence-corrected chi connectivity index (χ4v) is 3.59. The summed E-state index contributed by atoms with van der Waals surface area (Å²) in [6, 6.07) is 10.1. The molecule has 2 aromatic heterocycles. The molecule has 0 aliphatic carbocycles. The number of carbonyl (C=O) groups is 1. The first-order chi connectivity index (χ1) is 12.4. The van der Waals surface area contributed by atoms with E-state index in [0.717, 1.165) is 11.3 Å². The summed E-state index contributed by atoms with van der Waals surface area (Å²) < 4.78 is 0. The van der Waals surface area contributed by atoms with Crippen LogP contribution in [0, 0.1) is 0 Å². The maximum atomic E-state index is 12.1. The Bertz CT molecular complexity index is 871. The van der Waals surface area contributed by atoms with Gasteiger partial charge in [0.25, 0.3) is 0 Å². The van der Waals surface area contributed by atoms with Crippen molar-refractivity contribution in [3.05, 3.63) is 53.7 Å². The van der Waals surface area contributed by atoms with Gasteiger partial charge in [-0.1, -0.05) is 56.8 Å². The molecule has 0 saturated carbocycles. The highest BCUT2D eigenvalue weighted by Gasteiger charge is 2.14. The van der Waals surface area contributed by atoms with Gasteiger partial charge in [0, 0.05) is 23.3 Å². The van der Waals surface area contributed by atoms with Crippen LogP contribution < -0.4 is 5.32 Å². The molecule has 0 saturated heterocycles. The molecule has 0 aliphatic rings. The van der Waals surface area contributed by atoms with Crippen molar-refractivity contribution >= 4 is 34.1 Å². The van der Waals surface area contributed by atoms with Crippen molar-refractivity contribution in [1.82, 2.24) is 15.0 Å². The summed E-state index contributed by atoms with van der Waals surface area (Å²) in [6.45, 7) is 6.57. The Hall–Kier alpha value is -2.25. The van der Waals surface area contributed by atoms with Gasteiger partial charge < -0.3 is 5.32 Å². The van der Waals surface area contributed by atoms with Gasteiger partial charge in [-0.2, -0.15) is 0 Å². The lowest BCUT2D eigenvalue weighted by Gasteiger charge is -2.18. The Balaban J connectivity index is 1.60. The van der Waals surface area contributed by atoms with Crippen LogP contribution >= 0.6 is 23.1 Å². The molecule has 0 radical (unpaired) electrons. The van der Waals surface area contributed by atoms with Crippen molar-refractivity contribution in [3.8, 4) is 11.3 Å². The Labute approximate surface area is 161 Å². The van der Waals surface area contributed by atoms with Crippen molar-refractivity contribution in [3.63, 3.8) is 0 Å². The van der Waals surface area contributed by atoms with Crippen molar-refractivity contribution < 1.29 is 4.79 Å². The predicted molar refractivity (Wildman–Crippen MR) is 108 cm³/mol. The topological polar surface area (TPSA) is 67.8 Å². The summed E-state index contributed by atoms with van der Waals surface area (Å²) in [5, 5.41) is 5.96. The number of amides is 1. The number of rotatable bonds is 5. The minimum atomic E-state index is -0.119. The highest BCUT2D eigenvalue weighted by Crippen LogP contribution is 2.28. The summed E-state index contributed by atoms with van der Waals surface area (Å²) in [7, 11) is 0. The van der Waals surface area contributed by atoms with Crippen molar-refractivity contribution in [2.75, 3.05) is 11.1 Å². The number of anilines is 1. The molecule has 1 amide bonds. The Morgan fingerprint density at radius 2 is 1.85 bits per heavy atom. The van der Waals surface area contributed by atoms with Gasteiger partial charge in [-0.3, -0.25) is 4.79 Å². The number of hydrogen-bond acceptors (Lipinski definition) is 6. The summed E-state index contributed by atoms with van der Waals surface area (Å²) in [5.74, 6) is 0.130. The lowest BCUT2D eigenvalue weighted by Crippen LogP contribution is -2.14. The largest absolute Gasteiger partial charge is 0.301 e. The van der Waals surface area contributed by atoms with Gasteiger partial charge in [-0.25, -0.2) is 15.0 Å². The average Bonchev–Trinajstić information content (AvgIpc) is 3.09. The van der Waals surface area contributed by atoms with Gasteiger partial charge >= 0.3 is 0 Å². The van der Waals surface area contributed by atoms with Gasteiger partial charge in [0.2, 0.25) is 5.91 Å². The number of thioether (sulfide) groups is 1. The first-order valence-corrected chi connectivity index (χ1v) is 10.0.